The van der Waals surface area contributed by atoms with Gasteiger partial charge in [-0.15, -0.1) is 0 Å². The smallest absolute Gasteiger partial charge is 0.240 e. The molecule has 0 spiro atoms. The molecule has 6 heteroatoms. The third-order valence-corrected chi connectivity index (χ3v) is 5.35. The molecule has 3 aliphatic rings. The summed E-state index contributed by atoms with van der Waals surface area (Å²) in [6, 6.07) is 9.96. The largest absolute Gasteiger partial charge is 0.373 e. The Kier molecular flexibility index (Phi) is 2.91. The van der Waals surface area contributed by atoms with E-state index in [0.717, 1.165) is 18.4 Å². The average Bonchev–Trinajstić information content (AvgIpc) is 3.34. The van der Waals surface area contributed by atoms with Crippen LogP contribution >= 0.6 is 0 Å². The number of rotatable bonds is 3. The molecule has 122 valence electrons. The molecule has 2 aromatic rings. The Hall–Kier alpha value is -2.47. The van der Waals surface area contributed by atoms with Crippen LogP contribution in [-0.4, -0.2) is 33.8 Å². The highest BCUT2D eigenvalue weighted by atomic mass is 16.5. The Bertz CT molecular complexity index is 788. The highest BCUT2D eigenvalue weighted by Gasteiger charge is 2.62. The van der Waals surface area contributed by atoms with E-state index < -0.39 is 0 Å². The van der Waals surface area contributed by atoms with Crippen molar-refractivity contribution >= 4 is 17.5 Å². The van der Waals surface area contributed by atoms with Crippen LogP contribution in [0.3, 0.4) is 0 Å². The lowest BCUT2D eigenvalue weighted by Crippen LogP contribution is -2.33. The number of aromatic nitrogens is 2. The number of nitrogens with zero attached hydrogens (tertiary/aromatic N) is 3. The van der Waals surface area contributed by atoms with Gasteiger partial charge in [0.2, 0.25) is 11.8 Å². The molecule has 6 nitrogen and oxygen atoms in total. The lowest BCUT2D eigenvalue weighted by molar-refractivity contribution is -0.124. The van der Waals surface area contributed by atoms with Crippen LogP contribution in [0, 0.1) is 11.8 Å². The predicted octanol–water partition coefficient (Wildman–Crippen LogP) is 1.60. The zero-order valence-corrected chi connectivity index (χ0v) is 13.0. The highest BCUT2D eigenvalue weighted by molar-refractivity contribution is 6.22. The molecular formula is C18H17N3O3. The molecule has 5 rings (SSSR count). The summed E-state index contributed by atoms with van der Waals surface area (Å²) in [5.41, 5.74) is 1.68. The minimum absolute atomic E-state index is 0.0826. The van der Waals surface area contributed by atoms with Gasteiger partial charge in [0.15, 0.2) is 0 Å². The third-order valence-electron chi connectivity index (χ3n) is 5.35. The fourth-order valence-corrected chi connectivity index (χ4v) is 4.29. The van der Waals surface area contributed by atoms with E-state index in [0.29, 0.717) is 12.2 Å². The van der Waals surface area contributed by atoms with E-state index in [1.54, 1.807) is 17.1 Å². The summed E-state index contributed by atoms with van der Waals surface area (Å²) >= 11 is 0. The van der Waals surface area contributed by atoms with Gasteiger partial charge in [0.25, 0.3) is 0 Å². The molecule has 1 aromatic carbocycles. The highest BCUT2D eigenvalue weighted by Crippen LogP contribution is 2.49. The molecule has 3 fully saturated rings. The molecule has 4 atom stereocenters. The maximum atomic E-state index is 12.7. The molecule has 0 aliphatic carbocycles. The first-order valence-electron chi connectivity index (χ1n) is 8.32. The lowest BCUT2D eigenvalue weighted by Gasteiger charge is -2.15. The van der Waals surface area contributed by atoms with Crippen molar-refractivity contribution in [3.8, 4) is 0 Å². The zero-order valence-electron chi connectivity index (χ0n) is 13.0. The van der Waals surface area contributed by atoms with E-state index in [2.05, 4.69) is 5.10 Å². The Labute approximate surface area is 139 Å². The Morgan fingerprint density at radius 2 is 1.71 bits per heavy atom. The van der Waals surface area contributed by atoms with Crippen molar-refractivity contribution in [2.24, 2.45) is 11.8 Å². The molecule has 2 bridgehead atoms. The van der Waals surface area contributed by atoms with Gasteiger partial charge in [0.1, 0.15) is 0 Å². The summed E-state index contributed by atoms with van der Waals surface area (Å²) in [6.07, 6.45) is 4.97. The van der Waals surface area contributed by atoms with Crippen molar-refractivity contribution in [3.05, 3.63) is 48.3 Å². The fraction of sp³-hybridized carbons (Fsp3) is 0.389. The SMILES string of the molecule is O=C1[C@H]2[C@H](C(=O)N1c1cnn(Cc3ccccc3)c1)[C@H]1CC[C@H]2O1. The number of amides is 2. The van der Waals surface area contributed by atoms with Gasteiger partial charge in [-0.1, -0.05) is 30.3 Å². The van der Waals surface area contributed by atoms with E-state index in [9.17, 15) is 9.59 Å². The maximum Gasteiger partial charge on any atom is 0.240 e. The van der Waals surface area contributed by atoms with E-state index in [1.807, 2.05) is 30.3 Å². The van der Waals surface area contributed by atoms with E-state index >= 15 is 0 Å². The summed E-state index contributed by atoms with van der Waals surface area (Å²) < 4.78 is 7.51. The summed E-state index contributed by atoms with van der Waals surface area (Å²) in [6.45, 7) is 0.609. The van der Waals surface area contributed by atoms with Crippen LogP contribution in [0.5, 0.6) is 0 Å². The van der Waals surface area contributed by atoms with Gasteiger partial charge >= 0.3 is 0 Å². The van der Waals surface area contributed by atoms with Gasteiger partial charge in [0, 0.05) is 6.20 Å². The van der Waals surface area contributed by atoms with Gasteiger partial charge < -0.3 is 4.74 Å². The monoisotopic (exact) mass is 323 g/mol. The van der Waals surface area contributed by atoms with Gasteiger partial charge in [-0.2, -0.15) is 5.10 Å². The molecular weight excluding hydrogens is 306 g/mol. The van der Waals surface area contributed by atoms with Gasteiger partial charge in [-0.3, -0.25) is 14.3 Å². The van der Waals surface area contributed by atoms with Crippen molar-refractivity contribution in [2.45, 2.75) is 31.6 Å². The molecule has 0 saturated carbocycles. The molecule has 3 saturated heterocycles. The fourth-order valence-electron chi connectivity index (χ4n) is 4.29. The molecule has 2 amide bonds. The molecule has 24 heavy (non-hydrogen) atoms. The van der Waals surface area contributed by atoms with Crippen molar-refractivity contribution in [3.63, 3.8) is 0 Å². The quantitative estimate of drug-likeness (QED) is 0.805. The summed E-state index contributed by atoms with van der Waals surface area (Å²) in [7, 11) is 0. The molecule has 0 unspecified atom stereocenters. The van der Waals surface area contributed by atoms with Crippen LogP contribution in [-0.2, 0) is 20.9 Å². The van der Waals surface area contributed by atoms with Crippen LogP contribution in [0.1, 0.15) is 18.4 Å². The molecule has 1 aromatic heterocycles. The van der Waals surface area contributed by atoms with Crippen molar-refractivity contribution in [1.82, 2.24) is 9.78 Å². The second-order valence-electron chi connectivity index (χ2n) is 6.74. The minimum atomic E-state index is -0.297. The average molecular weight is 323 g/mol. The number of benzene rings is 1. The molecule has 3 aliphatic heterocycles. The number of anilines is 1. The summed E-state index contributed by atoms with van der Waals surface area (Å²) in [4.78, 5) is 26.8. The Balaban J connectivity index is 1.41. The van der Waals surface area contributed by atoms with Crippen LogP contribution in [0.15, 0.2) is 42.7 Å². The Morgan fingerprint density at radius 1 is 1.04 bits per heavy atom. The number of ether oxygens (including phenoxy) is 1. The second-order valence-corrected chi connectivity index (χ2v) is 6.74. The number of hydrogen-bond acceptors (Lipinski definition) is 4. The van der Waals surface area contributed by atoms with E-state index in [4.69, 9.17) is 4.74 Å². The summed E-state index contributed by atoms with van der Waals surface area (Å²) in [5.74, 6) is -0.852. The lowest BCUT2D eigenvalue weighted by atomic mass is 9.81. The third kappa shape index (κ3) is 1.89. The topological polar surface area (TPSA) is 64.4 Å². The first kappa shape index (κ1) is 13.9. The Morgan fingerprint density at radius 3 is 2.38 bits per heavy atom. The number of imide groups is 1. The summed E-state index contributed by atoms with van der Waals surface area (Å²) in [5, 5.41) is 4.31. The number of carbonyl (C=O) groups is 2. The first-order valence-corrected chi connectivity index (χ1v) is 8.32. The molecule has 0 N–H and O–H groups in total. The maximum absolute atomic E-state index is 12.7. The standard InChI is InChI=1S/C18H17N3O3/c22-17-15-13-6-7-14(24-13)16(15)18(23)21(17)12-8-19-20(10-12)9-11-4-2-1-3-5-11/h1-5,8,10,13-16H,6-7,9H2/t13-,14-,15-,16-/m1/s1. The van der Waals surface area contributed by atoms with Gasteiger partial charge in [0.05, 0.1) is 42.5 Å². The number of fused-ring (bicyclic) bond motifs is 5. The number of carbonyl (C=O) groups excluding carboxylic acids is 2. The van der Waals surface area contributed by atoms with Crippen molar-refractivity contribution < 1.29 is 14.3 Å². The van der Waals surface area contributed by atoms with Crippen molar-refractivity contribution in [2.75, 3.05) is 4.90 Å². The van der Waals surface area contributed by atoms with Crippen LogP contribution < -0.4 is 4.90 Å². The zero-order chi connectivity index (χ0) is 16.3. The van der Waals surface area contributed by atoms with Gasteiger partial charge in [-0.05, 0) is 18.4 Å². The number of hydrogen-bond donors (Lipinski definition) is 0. The van der Waals surface area contributed by atoms with Crippen LogP contribution in [0.4, 0.5) is 5.69 Å². The van der Waals surface area contributed by atoms with Crippen LogP contribution in [0.2, 0.25) is 0 Å². The molecule has 0 radical (unpaired) electrons. The minimum Gasteiger partial charge on any atom is -0.373 e. The van der Waals surface area contributed by atoms with Crippen LogP contribution in [0.25, 0.3) is 0 Å². The normalized spacial score (nSPS) is 31.1. The van der Waals surface area contributed by atoms with E-state index in [1.165, 1.54) is 4.90 Å². The van der Waals surface area contributed by atoms with Crippen molar-refractivity contribution in [1.29, 1.82) is 0 Å². The molecule has 4 heterocycles. The second kappa shape index (κ2) is 5.01. The van der Waals surface area contributed by atoms with E-state index in [-0.39, 0.29) is 35.9 Å². The van der Waals surface area contributed by atoms with Gasteiger partial charge in [-0.25, -0.2) is 4.90 Å². The first-order chi connectivity index (χ1) is 11.7. The predicted molar refractivity (Wildman–Crippen MR) is 85.1 cm³/mol.